The molecule has 1 aliphatic heterocycles. The average Bonchev–Trinajstić information content (AvgIpc) is 2.72. The Labute approximate surface area is 178 Å². The molecular weight excluding hydrogens is 376 g/mol. The monoisotopic (exact) mass is 406 g/mol. The molecule has 2 aromatic rings. The summed E-state index contributed by atoms with van der Waals surface area (Å²) in [7, 11) is 0. The van der Waals surface area contributed by atoms with Gasteiger partial charge in [0.15, 0.2) is 0 Å². The highest BCUT2D eigenvalue weighted by Crippen LogP contribution is 2.31. The van der Waals surface area contributed by atoms with Crippen LogP contribution in [-0.2, 0) is 4.79 Å². The molecule has 0 bridgehead atoms. The minimum Gasteiger partial charge on any atom is -0.371 e. The van der Waals surface area contributed by atoms with Crippen LogP contribution in [0.1, 0.15) is 41.8 Å². The molecule has 1 aromatic carbocycles. The van der Waals surface area contributed by atoms with Gasteiger partial charge < -0.3 is 15.5 Å². The molecule has 0 unspecified atom stereocenters. The van der Waals surface area contributed by atoms with Crippen LogP contribution >= 0.6 is 0 Å². The quantitative estimate of drug-likeness (QED) is 0.767. The van der Waals surface area contributed by atoms with Crippen molar-refractivity contribution in [3.8, 4) is 0 Å². The molecule has 1 fully saturated rings. The highest BCUT2D eigenvalue weighted by molar-refractivity contribution is 6.00. The molecule has 3 rings (SSSR count). The number of likely N-dealkylation sites (tertiary alicyclic amines) is 1. The summed E-state index contributed by atoms with van der Waals surface area (Å²) in [6.07, 6.45) is 4.28. The van der Waals surface area contributed by atoms with Crippen molar-refractivity contribution in [1.29, 1.82) is 0 Å². The van der Waals surface area contributed by atoms with Gasteiger partial charge in [-0.1, -0.05) is 32.1 Å². The minimum absolute atomic E-state index is 0.120. The molecule has 2 atom stereocenters. The number of rotatable bonds is 6. The Bertz CT molecular complexity index is 916. The first-order valence-corrected chi connectivity index (χ1v) is 10.4. The first kappa shape index (κ1) is 21.6. The summed E-state index contributed by atoms with van der Waals surface area (Å²) >= 11 is 0. The predicted molar refractivity (Wildman–Crippen MR) is 120 cm³/mol. The topological polar surface area (TPSA) is 74.3 Å². The smallest absolute Gasteiger partial charge is 0.253 e. The molecule has 0 spiro atoms. The lowest BCUT2D eigenvalue weighted by Gasteiger charge is -2.38. The number of hydrogen-bond donors (Lipinski definition) is 2. The van der Waals surface area contributed by atoms with Crippen molar-refractivity contribution < 1.29 is 9.59 Å². The van der Waals surface area contributed by atoms with Gasteiger partial charge in [-0.2, -0.15) is 0 Å². The fraction of sp³-hybridized carbons (Fsp3) is 0.375. The molecule has 1 aliphatic rings. The number of benzene rings is 1. The Morgan fingerprint density at radius 2 is 1.93 bits per heavy atom. The lowest BCUT2D eigenvalue weighted by atomic mass is 9.91. The molecule has 158 valence electrons. The van der Waals surface area contributed by atoms with E-state index in [0.717, 1.165) is 29.9 Å². The van der Waals surface area contributed by atoms with Crippen molar-refractivity contribution in [2.45, 2.75) is 27.2 Å². The number of nitrogens with one attached hydrogen (secondary N) is 2. The number of aryl methyl sites for hydroxylation is 1. The summed E-state index contributed by atoms with van der Waals surface area (Å²) in [6.45, 7) is 12.7. The maximum Gasteiger partial charge on any atom is 0.253 e. The lowest BCUT2D eigenvalue weighted by Crippen LogP contribution is -2.37. The summed E-state index contributed by atoms with van der Waals surface area (Å²) < 4.78 is 0. The lowest BCUT2D eigenvalue weighted by molar-refractivity contribution is -0.115. The second-order valence-electron chi connectivity index (χ2n) is 8.32. The van der Waals surface area contributed by atoms with Crippen molar-refractivity contribution in [3.05, 3.63) is 66.0 Å². The van der Waals surface area contributed by atoms with Gasteiger partial charge in [-0.15, -0.1) is 0 Å². The Balaban J connectivity index is 1.68. The largest absolute Gasteiger partial charge is 0.371 e. The molecule has 1 aromatic heterocycles. The van der Waals surface area contributed by atoms with E-state index in [1.54, 1.807) is 18.3 Å². The van der Waals surface area contributed by atoms with E-state index in [0.29, 0.717) is 23.1 Å². The molecule has 0 saturated carbocycles. The van der Waals surface area contributed by atoms with Gasteiger partial charge in [0, 0.05) is 36.7 Å². The summed E-state index contributed by atoms with van der Waals surface area (Å²) in [5.74, 6) is 0.598. The fourth-order valence-electron chi connectivity index (χ4n) is 4.01. The molecule has 30 heavy (non-hydrogen) atoms. The number of carbonyl (C=O) groups is 2. The second-order valence-corrected chi connectivity index (χ2v) is 8.32. The first-order valence-electron chi connectivity index (χ1n) is 10.4. The van der Waals surface area contributed by atoms with Crippen molar-refractivity contribution in [3.63, 3.8) is 0 Å². The van der Waals surface area contributed by atoms with Crippen molar-refractivity contribution in [2.24, 2.45) is 11.8 Å². The van der Waals surface area contributed by atoms with Gasteiger partial charge in [0.1, 0.15) is 0 Å². The van der Waals surface area contributed by atoms with Crippen LogP contribution in [0.5, 0.6) is 0 Å². The Kier molecular flexibility index (Phi) is 6.87. The molecular formula is C24H30N4O2. The molecule has 6 nitrogen and oxygen atoms in total. The highest BCUT2D eigenvalue weighted by atomic mass is 16.2. The molecule has 2 N–H and O–H groups in total. The van der Waals surface area contributed by atoms with Crippen molar-refractivity contribution in [1.82, 2.24) is 15.2 Å². The van der Waals surface area contributed by atoms with Crippen molar-refractivity contribution >= 4 is 23.2 Å². The maximum absolute atomic E-state index is 12.5. The number of hydrogen-bond acceptors (Lipinski definition) is 4. The predicted octanol–water partition coefficient (Wildman–Crippen LogP) is 3.71. The minimum atomic E-state index is -0.330. The van der Waals surface area contributed by atoms with E-state index >= 15 is 0 Å². The van der Waals surface area contributed by atoms with Crippen LogP contribution in [0.15, 0.2) is 49.3 Å². The van der Waals surface area contributed by atoms with Gasteiger partial charge in [-0.25, -0.2) is 0 Å². The number of piperidine rings is 1. The number of nitrogens with zero attached hydrogens (tertiary/aromatic N) is 2. The van der Waals surface area contributed by atoms with E-state index in [9.17, 15) is 9.59 Å². The Hall–Kier alpha value is -3.15. The van der Waals surface area contributed by atoms with E-state index in [1.807, 2.05) is 19.1 Å². The van der Waals surface area contributed by atoms with Crippen LogP contribution in [0.25, 0.3) is 5.70 Å². The standard InChI is InChI=1S/C24H30N4O2/c1-16-7-8-22(21(11-16)19(4)28-14-17(2)10-18(3)15-28)27-23(29)13-26-24(30)20-6-5-9-25-12-20/h5-9,11-12,17-18H,4,10,13-15H2,1-3H3,(H,26,30)(H,27,29)/t17-,18+. The van der Waals surface area contributed by atoms with Crippen molar-refractivity contribution in [2.75, 3.05) is 25.0 Å². The van der Waals surface area contributed by atoms with Crippen LogP contribution in [0, 0.1) is 18.8 Å². The van der Waals surface area contributed by atoms with Crippen LogP contribution in [0.4, 0.5) is 5.69 Å². The number of aromatic nitrogens is 1. The normalized spacial score (nSPS) is 18.6. The van der Waals surface area contributed by atoms with Crippen LogP contribution < -0.4 is 10.6 Å². The summed E-state index contributed by atoms with van der Waals surface area (Å²) in [6, 6.07) is 9.25. The van der Waals surface area contributed by atoms with Crippen LogP contribution in [0.2, 0.25) is 0 Å². The van der Waals surface area contributed by atoms with E-state index in [4.69, 9.17) is 0 Å². The highest BCUT2D eigenvalue weighted by Gasteiger charge is 2.24. The Morgan fingerprint density at radius 1 is 1.20 bits per heavy atom. The summed E-state index contributed by atoms with van der Waals surface area (Å²) in [5, 5.41) is 5.56. The SMILES string of the molecule is C=C(c1cc(C)ccc1NC(=O)CNC(=O)c1cccnc1)N1C[C@H](C)C[C@H](C)C1. The van der Waals surface area contributed by atoms with Gasteiger partial charge in [0.25, 0.3) is 5.91 Å². The number of amides is 2. The summed E-state index contributed by atoms with van der Waals surface area (Å²) in [5.41, 5.74) is 4.07. The molecule has 6 heteroatoms. The maximum atomic E-state index is 12.5. The molecule has 0 radical (unpaired) electrons. The molecule has 2 heterocycles. The first-order chi connectivity index (χ1) is 14.3. The van der Waals surface area contributed by atoms with E-state index in [-0.39, 0.29) is 18.4 Å². The zero-order valence-electron chi connectivity index (χ0n) is 17.9. The van der Waals surface area contributed by atoms with Crippen LogP contribution in [-0.4, -0.2) is 41.3 Å². The van der Waals surface area contributed by atoms with Crippen LogP contribution in [0.3, 0.4) is 0 Å². The second kappa shape index (κ2) is 9.57. The zero-order chi connectivity index (χ0) is 21.7. The molecule has 0 aliphatic carbocycles. The van der Waals surface area contributed by atoms with Gasteiger partial charge in [-0.3, -0.25) is 14.6 Å². The van der Waals surface area contributed by atoms with E-state index in [2.05, 4.69) is 47.0 Å². The van der Waals surface area contributed by atoms with Gasteiger partial charge in [0.2, 0.25) is 5.91 Å². The number of carbonyl (C=O) groups excluding carboxylic acids is 2. The fourth-order valence-corrected chi connectivity index (χ4v) is 4.01. The van der Waals surface area contributed by atoms with Gasteiger partial charge in [-0.05, 0) is 49.4 Å². The summed E-state index contributed by atoms with van der Waals surface area (Å²) in [4.78, 5) is 30.9. The third kappa shape index (κ3) is 5.47. The van der Waals surface area contributed by atoms with Gasteiger partial charge in [0.05, 0.1) is 17.8 Å². The number of anilines is 1. The van der Waals surface area contributed by atoms with E-state index < -0.39 is 0 Å². The Morgan fingerprint density at radius 3 is 2.60 bits per heavy atom. The number of pyridine rings is 1. The third-order valence-corrected chi connectivity index (χ3v) is 5.34. The van der Waals surface area contributed by atoms with E-state index in [1.165, 1.54) is 12.6 Å². The molecule has 1 saturated heterocycles. The average molecular weight is 407 g/mol. The zero-order valence-corrected chi connectivity index (χ0v) is 17.9. The third-order valence-electron chi connectivity index (χ3n) is 5.34. The molecule has 2 amide bonds. The van der Waals surface area contributed by atoms with Gasteiger partial charge >= 0.3 is 0 Å².